The summed E-state index contributed by atoms with van der Waals surface area (Å²) in [7, 11) is -2.35. The molecule has 0 aromatic carbocycles. The maximum atomic E-state index is 13.1. The number of hydrogen-bond acceptors (Lipinski definition) is 8. The Balaban J connectivity index is 1.54. The molecular formula is C21H25N3O6S3. The van der Waals surface area contributed by atoms with E-state index >= 15 is 0 Å². The number of carbonyl (C=O) groups is 3. The largest absolute Gasteiger partial charge is 0.465 e. The van der Waals surface area contributed by atoms with Crippen molar-refractivity contribution in [1.29, 1.82) is 0 Å². The van der Waals surface area contributed by atoms with Gasteiger partial charge in [-0.15, -0.1) is 22.7 Å². The molecule has 2 aliphatic heterocycles. The average molecular weight is 512 g/mol. The van der Waals surface area contributed by atoms with Crippen LogP contribution in [0.25, 0.3) is 0 Å². The van der Waals surface area contributed by atoms with E-state index in [9.17, 15) is 22.8 Å². The summed E-state index contributed by atoms with van der Waals surface area (Å²) in [5.41, 5.74) is 1.12. The van der Waals surface area contributed by atoms with E-state index in [1.54, 1.807) is 22.4 Å². The standard InChI is InChI=1S/C21H25N3O6S3/c1-13(25)23-9-7-15-16(12-23)32-20(18(15)21(27)30-2)22-19(26)14-5-3-8-24(11-14)33(28,29)17-6-4-10-31-17/h4,6,10,14H,3,5,7-9,11-12H2,1-2H3,(H,22,26). The molecule has 4 rings (SSSR count). The topological polar surface area (TPSA) is 113 Å². The number of nitrogens with one attached hydrogen (secondary N) is 1. The number of rotatable bonds is 5. The number of piperidine rings is 1. The number of ether oxygens (including phenoxy) is 1. The van der Waals surface area contributed by atoms with E-state index in [4.69, 9.17) is 4.74 Å². The maximum absolute atomic E-state index is 13.1. The number of fused-ring (bicyclic) bond motifs is 1. The summed E-state index contributed by atoms with van der Waals surface area (Å²) in [5, 5.41) is 4.96. The van der Waals surface area contributed by atoms with Crippen LogP contribution in [0.15, 0.2) is 21.7 Å². The molecule has 2 amide bonds. The molecule has 9 nitrogen and oxygen atoms in total. The van der Waals surface area contributed by atoms with E-state index in [1.807, 2.05) is 0 Å². The van der Waals surface area contributed by atoms with Crippen LogP contribution in [0, 0.1) is 5.92 Å². The molecule has 0 aliphatic carbocycles. The number of nitrogens with zero attached hydrogens (tertiary/aromatic N) is 2. The predicted molar refractivity (Wildman–Crippen MR) is 125 cm³/mol. The first kappa shape index (κ1) is 23.9. The van der Waals surface area contributed by atoms with Crippen molar-refractivity contribution in [3.63, 3.8) is 0 Å². The minimum Gasteiger partial charge on any atom is -0.465 e. The van der Waals surface area contributed by atoms with Crippen LogP contribution in [0.3, 0.4) is 0 Å². The lowest BCUT2D eigenvalue weighted by Gasteiger charge is -2.30. The summed E-state index contributed by atoms with van der Waals surface area (Å²) in [6.07, 6.45) is 1.63. The highest BCUT2D eigenvalue weighted by Crippen LogP contribution is 2.38. The fourth-order valence-corrected chi connectivity index (χ4v) is 8.13. The number of esters is 1. The maximum Gasteiger partial charge on any atom is 0.341 e. The highest BCUT2D eigenvalue weighted by Gasteiger charge is 2.35. The van der Waals surface area contributed by atoms with Crippen LogP contribution >= 0.6 is 22.7 Å². The van der Waals surface area contributed by atoms with Crippen molar-refractivity contribution >= 4 is 55.5 Å². The Kier molecular flexibility index (Phi) is 6.89. The molecule has 1 atom stereocenters. The highest BCUT2D eigenvalue weighted by atomic mass is 32.2. The van der Waals surface area contributed by atoms with Gasteiger partial charge in [0.25, 0.3) is 10.0 Å². The van der Waals surface area contributed by atoms with Crippen LogP contribution in [-0.4, -0.2) is 62.2 Å². The van der Waals surface area contributed by atoms with Gasteiger partial charge in [-0.2, -0.15) is 4.31 Å². The average Bonchev–Trinajstić information content (AvgIpc) is 3.46. The first-order valence-electron chi connectivity index (χ1n) is 10.5. The van der Waals surface area contributed by atoms with Crippen LogP contribution in [0.2, 0.25) is 0 Å². The molecule has 2 aliphatic rings. The monoisotopic (exact) mass is 511 g/mol. The normalized spacial score (nSPS) is 19.1. The molecule has 1 saturated heterocycles. The van der Waals surface area contributed by atoms with E-state index in [2.05, 4.69) is 5.32 Å². The summed E-state index contributed by atoms with van der Waals surface area (Å²) in [6.45, 7) is 2.83. The summed E-state index contributed by atoms with van der Waals surface area (Å²) in [5.74, 6) is -1.45. The van der Waals surface area contributed by atoms with Gasteiger partial charge in [0.2, 0.25) is 11.8 Å². The number of hydrogen-bond donors (Lipinski definition) is 1. The lowest BCUT2D eigenvalue weighted by atomic mass is 9.98. The van der Waals surface area contributed by atoms with E-state index in [-0.39, 0.29) is 22.6 Å². The van der Waals surface area contributed by atoms with Crippen LogP contribution in [0.5, 0.6) is 0 Å². The summed E-state index contributed by atoms with van der Waals surface area (Å²) >= 11 is 2.42. The second kappa shape index (κ2) is 9.53. The van der Waals surface area contributed by atoms with Crippen molar-refractivity contribution < 1.29 is 27.5 Å². The molecule has 2 aromatic heterocycles. The van der Waals surface area contributed by atoms with Gasteiger partial charge < -0.3 is 15.0 Å². The second-order valence-corrected chi connectivity index (χ2v) is 12.2. The SMILES string of the molecule is COC(=O)c1c(NC(=O)C2CCCN(S(=O)(=O)c3cccs3)C2)sc2c1CCN(C(C)=O)C2. The third-order valence-corrected chi connectivity index (χ3v) is 10.3. The van der Waals surface area contributed by atoms with Crippen LogP contribution in [0.4, 0.5) is 5.00 Å². The van der Waals surface area contributed by atoms with E-state index in [1.165, 1.54) is 29.7 Å². The zero-order valence-electron chi connectivity index (χ0n) is 18.3. The van der Waals surface area contributed by atoms with Crippen molar-refractivity contribution in [3.8, 4) is 0 Å². The van der Waals surface area contributed by atoms with Gasteiger partial charge in [0.1, 0.15) is 9.21 Å². The molecular weight excluding hydrogens is 486 g/mol. The third-order valence-electron chi connectivity index (χ3n) is 5.97. The van der Waals surface area contributed by atoms with E-state index in [0.717, 1.165) is 21.8 Å². The van der Waals surface area contributed by atoms with E-state index in [0.29, 0.717) is 49.5 Å². The molecule has 0 bridgehead atoms. The smallest absolute Gasteiger partial charge is 0.341 e. The van der Waals surface area contributed by atoms with Crippen molar-refractivity contribution in [2.24, 2.45) is 5.92 Å². The Labute approximate surface area is 200 Å². The first-order valence-corrected chi connectivity index (χ1v) is 13.7. The summed E-state index contributed by atoms with van der Waals surface area (Å²) in [6, 6.07) is 3.25. The molecule has 178 valence electrons. The van der Waals surface area contributed by atoms with Crippen molar-refractivity contribution in [2.75, 3.05) is 32.1 Å². The molecule has 33 heavy (non-hydrogen) atoms. The number of carbonyl (C=O) groups excluding carboxylic acids is 3. The van der Waals surface area contributed by atoms with Gasteiger partial charge in [0, 0.05) is 31.4 Å². The molecule has 1 unspecified atom stereocenters. The Morgan fingerprint density at radius 3 is 2.70 bits per heavy atom. The fourth-order valence-electron chi connectivity index (χ4n) is 4.20. The second-order valence-electron chi connectivity index (χ2n) is 8.01. The van der Waals surface area contributed by atoms with Gasteiger partial charge in [-0.25, -0.2) is 13.2 Å². The Bertz CT molecular complexity index is 1170. The van der Waals surface area contributed by atoms with Gasteiger partial charge in [-0.05, 0) is 36.3 Å². The van der Waals surface area contributed by atoms with Gasteiger partial charge in [0.05, 0.1) is 25.1 Å². The van der Waals surface area contributed by atoms with Gasteiger partial charge in [0.15, 0.2) is 0 Å². The lowest BCUT2D eigenvalue weighted by Crippen LogP contribution is -2.43. The van der Waals surface area contributed by atoms with Crippen LogP contribution in [0.1, 0.15) is 40.6 Å². The quantitative estimate of drug-likeness (QED) is 0.618. The van der Waals surface area contributed by atoms with Gasteiger partial charge in [-0.1, -0.05) is 6.07 Å². The number of anilines is 1. The molecule has 0 radical (unpaired) electrons. The number of methoxy groups -OCH3 is 1. The summed E-state index contributed by atoms with van der Waals surface area (Å²) in [4.78, 5) is 40.0. The van der Waals surface area contributed by atoms with Crippen molar-refractivity contribution in [2.45, 2.75) is 36.9 Å². The molecule has 2 aromatic rings. The fraction of sp³-hybridized carbons (Fsp3) is 0.476. The lowest BCUT2D eigenvalue weighted by molar-refractivity contribution is -0.129. The zero-order valence-corrected chi connectivity index (χ0v) is 20.8. The van der Waals surface area contributed by atoms with Crippen molar-refractivity contribution in [3.05, 3.63) is 33.5 Å². The highest BCUT2D eigenvalue weighted by molar-refractivity contribution is 7.91. The number of sulfonamides is 1. The van der Waals surface area contributed by atoms with E-state index < -0.39 is 21.9 Å². The molecule has 1 N–H and O–H groups in total. The van der Waals surface area contributed by atoms with Crippen molar-refractivity contribution in [1.82, 2.24) is 9.21 Å². The zero-order chi connectivity index (χ0) is 23.8. The number of thiophene rings is 2. The minimum atomic E-state index is -3.64. The molecule has 0 saturated carbocycles. The predicted octanol–water partition coefficient (Wildman–Crippen LogP) is 2.54. The van der Waals surface area contributed by atoms with Gasteiger partial charge >= 0.3 is 5.97 Å². The molecule has 1 fully saturated rings. The first-order chi connectivity index (χ1) is 15.7. The number of amides is 2. The Hall–Kier alpha value is -2.28. The van der Waals surface area contributed by atoms with Crippen LogP contribution in [-0.2, 0) is 37.3 Å². The molecule has 12 heteroatoms. The third kappa shape index (κ3) is 4.70. The van der Waals surface area contributed by atoms with Crippen LogP contribution < -0.4 is 5.32 Å². The molecule has 0 spiro atoms. The summed E-state index contributed by atoms with van der Waals surface area (Å²) < 4.78 is 32.4. The minimum absolute atomic E-state index is 0.0477. The Morgan fingerprint density at radius 2 is 2.03 bits per heavy atom. The molecule has 4 heterocycles. The Morgan fingerprint density at radius 1 is 1.24 bits per heavy atom. The van der Waals surface area contributed by atoms with Gasteiger partial charge in [-0.3, -0.25) is 9.59 Å².